The van der Waals surface area contributed by atoms with E-state index in [1.165, 1.54) is 4.90 Å². The third-order valence-electron chi connectivity index (χ3n) is 4.25. The second-order valence-corrected chi connectivity index (χ2v) is 7.87. The zero-order chi connectivity index (χ0) is 17.2. The normalized spacial score (nSPS) is 18.0. The van der Waals surface area contributed by atoms with Crippen LogP contribution in [0.25, 0.3) is 5.69 Å². The van der Waals surface area contributed by atoms with Crippen molar-refractivity contribution in [3.63, 3.8) is 0 Å². The van der Waals surface area contributed by atoms with E-state index in [9.17, 15) is 4.79 Å². The predicted octanol–water partition coefficient (Wildman–Crippen LogP) is 1.52. The summed E-state index contributed by atoms with van der Waals surface area (Å²) < 4.78 is 7.59. The molecule has 0 saturated carbocycles. The number of hydrogen-bond donors (Lipinski definition) is 0. The minimum atomic E-state index is -0.334. The van der Waals surface area contributed by atoms with Crippen molar-refractivity contribution in [2.75, 3.05) is 6.61 Å². The van der Waals surface area contributed by atoms with Crippen LogP contribution in [0.2, 0.25) is 0 Å². The zero-order valence-electron chi connectivity index (χ0n) is 14.2. The van der Waals surface area contributed by atoms with Crippen LogP contribution in [0.5, 0.6) is 0 Å². The fraction of sp³-hybridized carbons (Fsp3) is 0.200. The third kappa shape index (κ3) is 3.46. The van der Waals surface area contributed by atoms with Crippen molar-refractivity contribution in [2.45, 2.75) is 23.0 Å². The Kier molecular flexibility index (Phi) is 6.16. The number of para-hydroxylation sites is 1. The van der Waals surface area contributed by atoms with Gasteiger partial charge in [0.15, 0.2) is 12.1 Å². The molecule has 0 N–H and O–H groups in total. The van der Waals surface area contributed by atoms with Gasteiger partial charge >= 0.3 is 5.97 Å². The molecule has 0 spiro atoms. The van der Waals surface area contributed by atoms with Crippen molar-refractivity contribution >= 4 is 29.1 Å². The van der Waals surface area contributed by atoms with Crippen LogP contribution >= 0.6 is 23.1 Å². The number of thioether (sulfide) groups is 1. The van der Waals surface area contributed by atoms with Crippen LogP contribution < -0.4 is 21.5 Å². The zero-order valence-corrected chi connectivity index (χ0v) is 17.4. The summed E-state index contributed by atoms with van der Waals surface area (Å²) in [6.45, 7) is 2.25. The Morgan fingerprint density at radius 1 is 1.12 bits per heavy atom. The van der Waals surface area contributed by atoms with E-state index >= 15 is 0 Å². The van der Waals surface area contributed by atoms with E-state index in [4.69, 9.17) is 4.74 Å². The average molecular weight is 448 g/mol. The Morgan fingerprint density at radius 2 is 1.85 bits per heavy atom. The van der Waals surface area contributed by atoms with Crippen LogP contribution in [-0.2, 0) is 9.53 Å². The van der Waals surface area contributed by atoms with Crippen LogP contribution in [0.3, 0.4) is 0 Å². The summed E-state index contributed by atoms with van der Waals surface area (Å²) in [4.78, 5) is 14.1. The standard InChI is InChI=1S/C20H18NO2S2.BrH/c1-2-23-20(22)17-18(14-8-4-3-5-9-14)25-16-11-7-6-10-15(16)21-12-13-24-19(17)21;/h3-13,17-18H,2H2,1H3;1H/q+1;/p-1. The molecular weight excluding hydrogens is 430 g/mol. The number of aromatic nitrogens is 1. The highest BCUT2D eigenvalue weighted by Crippen LogP contribution is 2.49. The number of nitrogens with zero attached hydrogens (tertiary/aromatic N) is 1. The summed E-state index contributed by atoms with van der Waals surface area (Å²) >= 11 is 3.35. The third-order valence-corrected chi connectivity index (χ3v) is 6.60. The second kappa shape index (κ2) is 8.37. The number of benzene rings is 2. The summed E-state index contributed by atoms with van der Waals surface area (Å²) in [5.41, 5.74) is 2.26. The molecule has 0 fully saturated rings. The van der Waals surface area contributed by atoms with Gasteiger partial charge in [-0.15, -0.1) is 11.8 Å². The van der Waals surface area contributed by atoms with Gasteiger partial charge in [0, 0.05) is 6.07 Å². The molecule has 0 bridgehead atoms. The van der Waals surface area contributed by atoms with Crippen molar-refractivity contribution < 1.29 is 31.1 Å². The van der Waals surface area contributed by atoms with Crippen LogP contribution in [-0.4, -0.2) is 12.6 Å². The summed E-state index contributed by atoms with van der Waals surface area (Å²) in [6, 6.07) is 18.6. The molecule has 1 aliphatic rings. The molecule has 0 aliphatic carbocycles. The summed E-state index contributed by atoms with van der Waals surface area (Å²) in [5.74, 6) is -0.493. The number of rotatable bonds is 3. The van der Waals surface area contributed by atoms with Crippen LogP contribution in [0.1, 0.15) is 28.7 Å². The first-order valence-corrected chi connectivity index (χ1v) is 10.0. The maximum atomic E-state index is 12.9. The molecule has 6 heteroatoms. The fourth-order valence-electron chi connectivity index (χ4n) is 3.16. The lowest BCUT2D eigenvalue weighted by molar-refractivity contribution is -0.601. The van der Waals surface area contributed by atoms with E-state index in [0.717, 1.165) is 16.3 Å². The molecule has 2 atom stereocenters. The maximum Gasteiger partial charge on any atom is 0.322 e. The minimum absolute atomic E-state index is 0. The van der Waals surface area contributed by atoms with Gasteiger partial charge in [-0.05, 0) is 18.6 Å². The van der Waals surface area contributed by atoms with Gasteiger partial charge in [0.05, 0.1) is 22.1 Å². The molecule has 0 amide bonds. The van der Waals surface area contributed by atoms with Gasteiger partial charge in [-0.2, -0.15) is 4.57 Å². The lowest BCUT2D eigenvalue weighted by Crippen LogP contribution is -3.00. The lowest BCUT2D eigenvalue weighted by Gasteiger charge is -2.20. The monoisotopic (exact) mass is 447 g/mol. The van der Waals surface area contributed by atoms with E-state index in [1.54, 1.807) is 23.1 Å². The van der Waals surface area contributed by atoms with Gasteiger partial charge in [0.25, 0.3) is 5.01 Å². The van der Waals surface area contributed by atoms with Crippen molar-refractivity contribution in [1.82, 2.24) is 0 Å². The Bertz CT molecular complexity index is 898. The Labute approximate surface area is 171 Å². The van der Waals surface area contributed by atoms with Crippen molar-refractivity contribution in [2.24, 2.45) is 0 Å². The molecule has 26 heavy (non-hydrogen) atoms. The topological polar surface area (TPSA) is 30.2 Å². The first kappa shape index (κ1) is 19.1. The summed E-state index contributed by atoms with van der Waals surface area (Å²) in [6.07, 6.45) is 2.04. The molecule has 0 saturated heterocycles. The highest BCUT2D eigenvalue weighted by molar-refractivity contribution is 7.99. The van der Waals surface area contributed by atoms with Crippen molar-refractivity contribution in [3.05, 3.63) is 76.7 Å². The molecule has 0 radical (unpaired) electrons. The Morgan fingerprint density at radius 3 is 2.62 bits per heavy atom. The first-order chi connectivity index (χ1) is 12.3. The van der Waals surface area contributed by atoms with E-state index in [-0.39, 0.29) is 34.1 Å². The number of esters is 1. The number of carbonyl (C=O) groups excluding carboxylic acids is 1. The van der Waals surface area contributed by atoms with Gasteiger partial charge < -0.3 is 21.7 Å². The summed E-state index contributed by atoms with van der Waals surface area (Å²) in [5, 5.41) is 3.04. The van der Waals surface area contributed by atoms with E-state index in [2.05, 4.69) is 28.8 Å². The van der Waals surface area contributed by atoms with Gasteiger partial charge in [-0.25, -0.2) is 0 Å². The highest BCUT2D eigenvalue weighted by atomic mass is 79.9. The number of carbonyl (C=O) groups is 1. The Balaban J connectivity index is 0.00000196. The number of ether oxygens (including phenoxy) is 1. The molecule has 1 aromatic heterocycles. The van der Waals surface area contributed by atoms with E-state index in [0.29, 0.717) is 6.61 Å². The maximum absolute atomic E-state index is 12.9. The number of fused-ring (bicyclic) bond motifs is 3. The molecule has 134 valence electrons. The van der Waals surface area contributed by atoms with E-state index < -0.39 is 0 Å². The fourth-order valence-corrected chi connectivity index (χ4v) is 5.61. The molecule has 2 aromatic carbocycles. The van der Waals surface area contributed by atoms with Crippen LogP contribution in [0, 0.1) is 0 Å². The summed E-state index contributed by atoms with van der Waals surface area (Å²) in [7, 11) is 0. The molecule has 2 unspecified atom stereocenters. The van der Waals surface area contributed by atoms with Gasteiger partial charge in [0.1, 0.15) is 0 Å². The van der Waals surface area contributed by atoms with Gasteiger partial charge in [-0.3, -0.25) is 4.79 Å². The predicted molar refractivity (Wildman–Crippen MR) is 100 cm³/mol. The first-order valence-electron chi connectivity index (χ1n) is 8.26. The SMILES string of the molecule is CCOC(=O)C1c2scc[n+]2-c2ccccc2SC1c1ccccc1.[Br-]. The van der Waals surface area contributed by atoms with Crippen LogP contribution in [0.15, 0.2) is 71.1 Å². The average Bonchev–Trinajstić information content (AvgIpc) is 3.06. The van der Waals surface area contributed by atoms with Crippen LogP contribution in [0.4, 0.5) is 0 Å². The largest absolute Gasteiger partial charge is 1.00 e. The quantitative estimate of drug-likeness (QED) is 0.450. The molecule has 3 aromatic rings. The number of hydrogen-bond acceptors (Lipinski definition) is 4. The molecule has 3 nitrogen and oxygen atoms in total. The van der Waals surface area contributed by atoms with Gasteiger partial charge in [-0.1, -0.05) is 53.8 Å². The van der Waals surface area contributed by atoms with Crippen molar-refractivity contribution in [3.8, 4) is 5.69 Å². The van der Waals surface area contributed by atoms with E-state index in [1.807, 2.05) is 48.8 Å². The molecule has 4 rings (SSSR count). The number of halogens is 1. The molecule has 2 heterocycles. The number of thiazole rings is 1. The van der Waals surface area contributed by atoms with Crippen molar-refractivity contribution in [1.29, 1.82) is 0 Å². The molecular formula is C20H18BrNO2S2. The Hall–Kier alpha value is -1.63. The smallest absolute Gasteiger partial charge is 0.322 e. The molecule has 1 aliphatic heterocycles. The lowest BCUT2D eigenvalue weighted by atomic mass is 9.99. The van der Waals surface area contributed by atoms with Gasteiger partial charge in [0.2, 0.25) is 5.69 Å². The minimum Gasteiger partial charge on any atom is -1.00 e. The second-order valence-electron chi connectivity index (χ2n) is 5.76. The highest BCUT2D eigenvalue weighted by Gasteiger charge is 2.44.